The highest BCUT2D eigenvalue weighted by molar-refractivity contribution is 9.11. The van der Waals surface area contributed by atoms with E-state index < -0.39 is 0 Å². The molecule has 1 atom stereocenters. The number of carbonyl (C=O) groups excluding carboxylic acids is 2. The van der Waals surface area contributed by atoms with Gasteiger partial charge in [0.05, 0.1) is 14.6 Å². The van der Waals surface area contributed by atoms with E-state index >= 15 is 0 Å². The number of thioether (sulfide) groups is 1. The lowest BCUT2D eigenvalue weighted by molar-refractivity contribution is -0.117. The minimum atomic E-state index is 0.0290. The lowest BCUT2D eigenvalue weighted by Gasteiger charge is -2.19. The summed E-state index contributed by atoms with van der Waals surface area (Å²) in [5, 5.41) is 0.0736. The van der Waals surface area contributed by atoms with Crippen molar-refractivity contribution < 1.29 is 9.59 Å². The molecule has 1 saturated heterocycles. The number of pyridine rings is 1. The first-order valence-corrected chi connectivity index (χ1v) is 7.72. The Hall–Kier alpha value is -0.400. The maximum absolute atomic E-state index is 12.0. The van der Waals surface area contributed by atoms with Crippen molar-refractivity contribution in [2.75, 3.05) is 11.4 Å². The predicted octanol–water partition coefficient (Wildman–Crippen LogP) is 2.99. The number of hydrogen-bond donors (Lipinski definition) is 0. The minimum Gasteiger partial charge on any atom is -0.309 e. The maximum atomic E-state index is 12.0. The first-order chi connectivity index (χ1) is 8.49. The quantitative estimate of drug-likeness (QED) is 0.774. The molecule has 1 aromatic heterocycles. The highest BCUT2D eigenvalue weighted by Crippen LogP contribution is 2.37. The summed E-state index contributed by atoms with van der Waals surface area (Å²) < 4.78 is 1.53. The van der Waals surface area contributed by atoms with Crippen LogP contribution in [-0.2, 0) is 9.59 Å². The molecule has 7 heteroatoms. The number of halogens is 2. The largest absolute Gasteiger partial charge is 0.309 e. The van der Waals surface area contributed by atoms with Crippen LogP contribution in [0.25, 0.3) is 0 Å². The number of aromatic nitrogens is 1. The van der Waals surface area contributed by atoms with Gasteiger partial charge in [-0.3, -0.25) is 14.6 Å². The SMILES string of the molecule is CC(=O)SC1CC(=O)N(c2c(Br)cncc2Br)C1. The highest BCUT2D eigenvalue weighted by Gasteiger charge is 2.33. The number of carbonyl (C=O) groups is 2. The maximum Gasteiger partial charge on any atom is 0.228 e. The van der Waals surface area contributed by atoms with Gasteiger partial charge in [0.15, 0.2) is 5.12 Å². The molecule has 0 spiro atoms. The summed E-state index contributed by atoms with van der Waals surface area (Å²) in [6.07, 6.45) is 3.70. The number of nitrogens with zero attached hydrogens (tertiary/aromatic N) is 2. The molecule has 1 unspecified atom stereocenters. The molecule has 1 aromatic rings. The molecule has 1 aliphatic heterocycles. The number of hydrogen-bond acceptors (Lipinski definition) is 4. The zero-order valence-corrected chi connectivity index (χ0v) is 13.5. The summed E-state index contributed by atoms with van der Waals surface area (Å²) in [7, 11) is 0. The average molecular weight is 394 g/mol. The van der Waals surface area contributed by atoms with Gasteiger partial charge < -0.3 is 4.90 Å². The second-order valence-electron chi connectivity index (χ2n) is 3.89. The molecule has 0 radical (unpaired) electrons. The van der Waals surface area contributed by atoms with Crippen LogP contribution >= 0.6 is 43.6 Å². The van der Waals surface area contributed by atoms with E-state index in [1.807, 2.05) is 0 Å². The Morgan fingerprint density at radius 1 is 1.44 bits per heavy atom. The van der Waals surface area contributed by atoms with E-state index in [-0.39, 0.29) is 16.3 Å². The Morgan fingerprint density at radius 2 is 2.06 bits per heavy atom. The van der Waals surface area contributed by atoms with Gasteiger partial charge >= 0.3 is 0 Å². The van der Waals surface area contributed by atoms with Crippen LogP contribution in [0.3, 0.4) is 0 Å². The van der Waals surface area contributed by atoms with Crippen molar-refractivity contribution >= 4 is 60.3 Å². The summed E-state index contributed by atoms with van der Waals surface area (Å²) in [5.74, 6) is 0.0290. The Labute approximate surface area is 126 Å². The number of amides is 1. The standard InChI is InChI=1S/C11H10Br2N2O2S/c1-6(16)18-7-2-10(17)15(5-7)11-8(12)3-14-4-9(11)13/h3-4,7H,2,5H2,1H3. The van der Waals surface area contributed by atoms with Crippen LogP contribution in [0.4, 0.5) is 5.69 Å². The third-order valence-electron chi connectivity index (χ3n) is 2.52. The van der Waals surface area contributed by atoms with Crippen molar-refractivity contribution in [2.24, 2.45) is 0 Å². The van der Waals surface area contributed by atoms with Gasteiger partial charge in [-0.25, -0.2) is 0 Å². The van der Waals surface area contributed by atoms with Gasteiger partial charge in [-0.1, -0.05) is 11.8 Å². The second-order valence-corrected chi connectivity index (χ2v) is 7.08. The van der Waals surface area contributed by atoms with Gasteiger partial charge in [0, 0.05) is 37.5 Å². The van der Waals surface area contributed by atoms with E-state index in [9.17, 15) is 9.59 Å². The molecule has 0 saturated carbocycles. The second kappa shape index (κ2) is 5.71. The lowest BCUT2D eigenvalue weighted by atomic mass is 10.3. The Kier molecular flexibility index (Phi) is 4.45. The number of anilines is 1. The first kappa shape index (κ1) is 14.0. The third-order valence-corrected chi connectivity index (χ3v) is 4.66. The molecule has 2 rings (SSSR count). The van der Waals surface area contributed by atoms with Gasteiger partial charge in [0.25, 0.3) is 0 Å². The van der Waals surface area contributed by atoms with E-state index in [1.54, 1.807) is 17.3 Å². The van der Waals surface area contributed by atoms with Crippen molar-refractivity contribution in [3.63, 3.8) is 0 Å². The van der Waals surface area contributed by atoms with Crippen molar-refractivity contribution in [1.29, 1.82) is 0 Å². The van der Waals surface area contributed by atoms with Crippen molar-refractivity contribution in [3.05, 3.63) is 21.3 Å². The Balaban J connectivity index is 2.24. The van der Waals surface area contributed by atoms with Crippen LogP contribution in [0.15, 0.2) is 21.3 Å². The summed E-state index contributed by atoms with van der Waals surface area (Å²) in [6.45, 7) is 2.07. The van der Waals surface area contributed by atoms with Crippen LogP contribution in [0.2, 0.25) is 0 Å². The van der Waals surface area contributed by atoms with E-state index in [2.05, 4.69) is 36.8 Å². The fourth-order valence-electron chi connectivity index (χ4n) is 1.87. The third kappa shape index (κ3) is 2.95. The highest BCUT2D eigenvalue weighted by atomic mass is 79.9. The summed E-state index contributed by atoms with van der Waals surface area (Å²) in [6, 6.07) is 0. The normalized spacial score (nSPS) is 19.4. The van der Waals surface area contributed by atoms with Crippen LogP contribution in [0.1, 0.15) is 13.3 Å². The van der Waals surface area contributed by atoms with E-state index in [0.29, 0.717) is 13.0 Å². The Morgan fingerprint density at radius 3 is 2.61 bits per heavy atom. The van der Waals surface area contributed by atoms with Gasteiger partial charge in [0.2, 0.25) is 5.91 Å². The Bertz CT molecular complexity index is 490. The minimum absolute atomic E-state index is 0.0290. The smallest absolute Gasteiger partial charge is 0.228 e. The van der Waals surface area contributed by atoms with Gasteiger partial charge in [-0.05, 0) is 31.9 Å². The van der Waals surface area contributed by atoms with E-state index in [1.165, 1.54) is 18.7 Å². The zero-order valence-electron chi connectivity index (χ0n) is 9.52. The molecule has 18 heavy (non-hydrogen) atoms. The van der Waals surface area contributed by atoms with E-state index in [4.69, 9.17) is 0 Å². The van der Waals surface area contributed by atoms with E-state index in [0.717, 1.165) is 14.6 Å². The molecule has 1 amide bonds. The predicted molar refractivity (Wildman–Crippen MR) is 78.7 cm³/mol. The molecule has 0 aromatic carbocycles. The van der Waals surface area contributed by atoms with Crippen molar-refractivity contribution in [2.45, 2.75) is 18.6 Å². The molecular formula is C11H10Br2N2O2S. The van der Waals surface area contributed by atoms with Crippen LogP contribution in [0, 0.1) is 0 Å². The molecule has 1 fully saturated rings. The monoisotopic (exact) mass is 392 g/mol. The van der Waals surface area contributed by atoms with Crippen LogP contribution in [0.5, 0.6) is 0 Å². The fourth-order valence-corrected chi connectivity index (χ4v) is 4.14. The zero-order chi connectivity index (χ0) is 13.3. The van der Waals surface area contributed by atoms with Crippen molar-refractivity contribution in [3.8, 4) is 0 Å². The summed E-state index contributed by atoms with van der Waals surface area (Å²) in [4.78, 5) is 28.8. The molecule has 0 N–H and O–H groups in total. The lowest BCUT2D eigenvalue weighted by Crippen LogP contribution is -2.25. The first-order valence-electron chi connectivity index (χ1n) is 5.25. The fraction of sp³-hybridized carbons (Fsp3) is 0.364. The average Bonchev–Trinajstić information content (AvgIpc) is 2.58. The molecule has 0 aliphatic carbocycles. The van der Waals surface area contributed by atoms with Crippen LogP contribution < -0.4 is 4.90 Å². The molecule has 96 valence electrons. The molecule has 0 bridgehead atoms. The summed E-state index contributed by atoms with van der Waals surface area (Å²) >= 11 is 8.02. The van der Waals surface area contributed by atoms with Crippen LogP contribution in [-0.4, -0.2) is 27.8 Å². The topological polar surface area (TPSA) is 50.3 Å². The number of rotatable bonds is 2. The molecule has 4 nitrogen and oxygen atoms in total. The molecular weight excluding hydrogens is 384 g/mol. The van der Waals surface area contributed by atoms with Crippen molar-refractivity contribution in [1.82, 2.24) is 4.98 Å². The van der Waals surface area contributed by atoms with Gasteiger partial charge in [-0.15, -0.1) is 0 Å². The van der Waals surface area contributed by atoms with Gasteiger partial charge in [0.1, 0.15) is 0 Å². The molecule has 1 aliphatic rings. The molecule has 2 heterocycles. The van der Waals surface area contributed by atoms with Gasteiger partial charge in [-0.2, -0.15) is 0 Å². The summed E-state index contributed by atoms with van der Waals surface area (Å²) in [5.41, 5.74) is 0.779.